The van der Waals surface area contributed by atoms with Crippen molar-refractivity contribution in [1.29, 1.82) is 0 Å². The van der Waals surface area contributed by atoms with E-state index in [0.717, 1.165) is 31.7 Å². The minimum absolute atomic E-state index is 0.0141. The number of rotatable bonds is 0. The lowest BCUT2D eigenvalue weighted by Gasteiger charge is -2.46. The van der Waals surface area contributed by atoms with Crippen molar-refractivity contribution < 1.29 is 4.74 Å². The first-order valence-electron chi connectivity index (χ1n) is 7.62. The highest BCUT2D eigenvalue weighted by Crippen LogP contribution is 2.47. The predicted octanol–water partition coefficient (Wildman–Crippen LogP) is 3.02. The highest BCUT2D eigenvalue weighted by molar-refractivity contribution is 5.45. The molecule has 2 N–H and O–H groups in total. The van der Waals surface area contributed by atoms with Crippen LogP contribution < -0.4 is 10.5 Å². The SMILES string of the molecule is Cc1ccc2c(c1)OC1(CCN(C(C)(C)C)CC1)[C@@H]2N. The van der Waals surface area contributed by atoms with E-state index in [-0.39, 0.29) is 17.2 Å². The Kier molecular flexibility index (Phi) is 3.11. The molecule has 0 aromatic heterocycles. The van der Waals surface area contributed by atoms with Crippen LogP contribution in [0.3, 0.4) is 0 Å². The Morgan fingerprint density at radius 3 is 2.50 bits per heavy atom. The molecular formula is C17H26N2O. The molecule has 110 valence electrons. The lowest BCUT2D eigenvalue weighted by atomic mass is 9.82. The zero-order valence-corrected chi connectivity index (χ0v) is 13.1. The molecule has 1 saturated heterocycles. The molecule has 0 bridgehead atoms. The van der Waals surface area contributed by atoms with Crippen LogP contribution in [0.15, 0.2) is 18.2 Å². The number of aryl methyl sites for hydroxylation is 1. The van der Waals surface area contributed by atoms with Gasteiger partial charge in [0.1, 0.15) is 11.4 Å². The van der Waals surface area contributed by atoms with Crippen LogP contribution in [0, 0.1) is 6.92 Å². The molecule has 0 aliphatic carbocycles. The summed E-state index contributed by atoms with van der Waals surface area (Å²) >= 11 is 0. The van der Waals surface area contributed by atoms with Crippen molar-refractivity contribution in [2.45, 2.75) is 57.7 Å². The third-order valence-electron chi connectivity index (χ3n) is 4.94. The van der Waals surface area contributed by atoms with E-state index in [2.05, 4.69) is 50.8 Å². The number of hydrogen-bond acceptors (Lipinski definition) is 3. The van der Waals surface area contributed by atoms with Gasteiger partial charge in [0, 0.05) is 37.0 Å². The van der Waals surface area contributed by atoms with E-state index in [1.807, 2.05) is 0 Å². The van der Waals surface area contributed by atoms with Gasteiger partial charge in [-0.2, -0.15) is 0 Å². The van der Waals surface area contributed by atoms with E-state index in [1.54, 1.807) is 0 Å². The number of piperidine rings is 1. The van der Waals surface area contributed by atoms with Gasteiger partial charge in [-0.05, 0) is 39.3 Å². The van der Waals surface area contributed by atoms with Crippen molar-refractivity contribution >= 4 is 0 Å². The number of nitrogens with two attached hydrogens (primary N) is 1. The summed E-state index contributed by atoms with van der Waals surface area (Å²) in [5.74, 6) is 1.00. The van der Waals surface area contributed by atoms with Crippen LogP contribution in [0.25, 0.3) is 0 Å². The topological polar surface area (TPSA) is 38.5 Å². The number of hydrogen-bond donors (Lipinski definition) is 1. The Morgan fingerprint density at radius 2 is 1.90 bits per heavy atom. The van der Waals surface area contributed by atoms with Crippen molar-refractivity contribution in [1.82, 2.24) is 4.90 Å². The van der Waals surface area contributed by atoms with Gasteiger partial charge in [0.25, 0.3) is 0 Å². The number of nitrogens with zero attached hydrogens (tertiary/aromatic N) is 1. The molecule has 20 heavy (non-hydrogen) atoms. The van der Waals surface area contributed by atoms with Gasteiger partial charge in [0.15, 0.2) is 0 Å². The minimum atomic E-state index is -0.183. The molecule has 0 unspecified atom stereocenters. The molecule has 2 aliphatic rings. The van der Waals surface area contributed by atoms with Crippen LogP contribution in [0.2, 0.25) is 0 Å². The van der Waals surface area contributed by atoms with Gasteiger partial charge in [-0.3, -0.25) is 4.90 Å². The molecule has 1 spiro atoms. The van der Waals surface area contributed by atoms with Crippen molar-refractivity contribution in [2.75, 3.05) is 13.1 Å². The zero-order chi connectivity index (χ0) is 14.5. The molecular weight excluding hydrogens is 248 g/mol. The minimum Gasteiger partial charge on any atom is -0.485 e. The maximum absolute atomic E-state index is 6.52. The van der Waals surface area contributed by atoms with Gasteiger partial charge in [0.05, 0.1) is 6.04 Å². The van der Waals surface area contributed by atoms with E-state index < -0.39 is 0 Å². The monoisotopic (exact) mass is 274 g/mol. The molecule has 3 nitrogen and oxygen atoms in total. The van der Waals surface area contributed by atoms with Crippen LogP contribution in [-0.4, -0.2) is 29.1 Å². The van der Waals surface area contributed by atoms with Crippen LogP contribution in [0.4, 0.5) is 0 Å². The van der Waals surface area contributed by atoms with Gasteiger partial charge in [0.2, 0.25) is 0 Å². The average Bonchev–Trinajstić information content (AvgIpc) is 2.61. The van der Waals surface area contributed by atoms with Gasteiger partial charge in [-0.15, -0.1) is 0 Å². The summed E-state index contributed by atoms with van der Waals surface area (Å²) in [4.78, 5) is 2.53. The predicted molar refractivity (Wildman–Crippen MR) is 82.0 cm³/mol. The van der Waals surface area contributed by atoms with E-state index >= 15 is 0 Å². The zero-order valence-electron chi connectivity index (χ0n) is 13.1. The Balaban J connectivity index is 1.81. The molecule has 1 aromatic rings. The quantitative estimate of drug-likeness (QED) is 0.790. The molecule has 2 heterocycles. The Bertz CT molecular complexity index is 510. The molecule has 0 amide bonds. The normalized spacial score (nSPS) is 25.6. The Labute approximate surface area is 122 Å². The Morgan fingerprint density at radius 1 is 1.25 bits per heavy atom. The first-order valence-corrected chi connectivity index (χ1v) is 7.62. The second kappa shape index (κ2) is 4.47. The van der Waals surface area contributed by atoms with Crippen molar-refractivity contribution in [3.63, 3.8) is 0 Å². The highest BCUT2D eigenvalue weighted by Gasteiger charge is 2.49. The Hall–Kier alpha value is -1.06. The molecule has 2 aliphatic heterocycles. The van der Waals surface area contributed by atoms with Crippen molar-refractivity contribution in [3.05, 3.63) is 29.3 Å². The highest BCUT2D eigenvalue weighted by atomic mass is 16.5. The maximum atomic E-state index is 6.52. The fourth-order valence-corrected chi connectivity index (χ4v) is 3.52. The summed E-state index contributed by atoms with van der Waals surface area (Å²) in [5, 5.41) is 0. The van der Waals surface area contributed by atoms with E-state index in [4.69, 9.17) is 10.5 Å². The number of ether oxygens (including phenoxy) is 1. The van der Waals surface area contributed by atoms with Crippen LogP contribution >= 0.6 is 0 Å². The molecule has 0 saturated carbocycles. The van der Waals surface area contributed by atoms with E-state index in [0.29, 0.717) is 0 Å². The maximum Gasteiger partial charge on any atom is 0.131 e. The summed E-state index contributed by atoms with van der Waals surface area (Å²) in [6.07, 6.45) is 2.03. The first-order chi connectivity index (χ1) is 9.32. The van der Waals surface area contributed by atoms with Gasteiger partial charge >= 0.3 is 0 Å². The average molecular weight is 274 g/mol. The summed E-state index contributed by atoms with van der Waals surface area (Å²) in [6, 6.07) is 6.41. The molecule has 1 atom stereocenters. The molecule has 3 heteroatoms. The van der Waals surface area contributed by atoms with Crippen molar-refractivity contribution in [3.8, 4) is 5.75 Å². The van der Waals surface area contributed by atoms with Crippen LogP contribution in [0.5, 0.6) is 5.75 Å². The summed E-state index contributed by atoms with van der Waals surface area (Å²) < 4.78 is 6.34. The largest absolute Gasteiger partial charge is 0.485 e. The molecule has 1 aromatic carbocycles. The molecule has 0 radical (unpaired) electrons. The second-order valence-corrected chi connectivity index (χ2v) is 7.34. The molecule has 3 rings (SSSR count). The smallest absolute Gasteiger partial charge is 0.131 e. The standard InChI is InChI=1S/C17H26N2O/c1-12-5-6-13-14(11-12)20-17(15(13)18)7-9-19(10-8-17)16(2,3)4/h5-6,11,15H,7-10,18H2,1-4H3/t15-/m1/s1. The van der Waals surface area contributed by atoms with Gasteiger partial charge in [-0.25, -0.2) is 0 Å². The number of likely N-dealkylation sites (tertiary alicyclic amines) is 1. The van der Waals surface area contributed by atoms with Crippen LogP contribution in [0.1, 0.15) is 50.8 Å². The first kappa shape index (κ1) is 13.9. The second-order valence-electron chi connectivity index (χ2n) is 7.34. The summed E-state index contributed by atoms with van der Waals surface area (Å²) in [7, 11) is 0. The third-order valence-corrected chi connectivity index (χ3v) is 4.94. The summed E-state index contributed by atoms with van der Waals surface area (Å²) in [5.41, 5.74) is 8.98. The van der Waals surface area contributed by atoms with Crippen LogP contribution in [-0.2, 0) is 0 Å². The van der Waals surface area contributed by atoms with Gasteiger partial charge in [-0.1, -0.05) is 12.1 Å². The third kappa shape index (κ3) is 2.13. The van der Waals surface area contributed by atoms with E-state index in [1.165, 1.54) is 11.1 Å². The lowest BCUT2D eigenvalue weighted by Crippen LogP contribution is -2.55. The number of benzene rings is 1. The van der Waals surface area contributed by atoms with Gasteiger partial charge < -0.3 is 10.5 Å². The van der Waals surface area contributed by atoms with Crippen molar-refractivity contribution in [2.24, 2.45) is 5.73 Å². The van der Waals surface area contributed by atoms with E-state index in [9.17, 15) is 0 Å². The molecule has 1 fully saturated rings. The lowest BCUT2D eigenvalue weighted by molar-refractivity contribution is -0.0237. The fourth-order valence-electron chi connectivity index (χ4n) is 3.52. The fraction of sp³-hybridized carbons (Fsp3) is 0.647. The summed E-state index contributed by atoms with van der Waals surface area (Å²) in [6.45, 7) is 11.0. The number of fused-ring (bicyclic) bond motifs is 1.